The Hall–Kier alpha value is -1.20. The Bertz CT molecular complexity index is 443. The molecular formula is C14H13LiO2. The van der Waals surface area contributed by atoms with Crippen LogP contribution in [0, 0.1) is 6.07 Å². The van der Waals surface area contributed by atoms with Crippen LogP contribution in [0.1, 0.15) is 0 Å². The van der Waals surface area contributed by atoms with Crippen LogP contribution < -0.4 is 23.6 Å². The first-order valence-corrected chi connectivity index (χ1v) is 5.09. The van der Waals surface area contributed by atoms with E-state index in [1.165, 1.54) is 5.56 Å². The second-order valence-electron chi connectivity index (χ2n) is 3.36. The second kappa shape index (κ2) is 7.19. The predicted octanol–water partition coefficient (Wildman–Crippen LogP) is 0.140. The molecule has 0 spiro atoms. The zero-order valence-electron chi connectivity index (χ0n) is 10.1. The molecule has 2 nitrogen and oxygen atoms in total. The molecule has 0 bridgehead atoms. The molecule has 0 atom stereocenters. The van der Waals surface area contributed by atoms with Crippen LogP contribution in [-0.2, 0) is 4.74 Å². The minimum atomic E-state index is 0. The molecule has 0 aromatic heterocycles. The number of hydrogen-bond acceptors (Lipinski definition) is 2. The van der Waals surface area contributed by atoms with Gasteiger partial charge < -0.3 is 9.47 Å². The van der Waals surface area contributed by atoms with Crippen molar-refractivity contribution in [1.29, 1.82) is 0 Å². The number of methoxy groups -OCH3 is 1. The minimum Gasteiger partial charge on any atom is -0.493 e. The fraction of sp³-hybridized carbons (Fsp3) is 0.143. The van der Waals surface area contributed by atoms with Gasteiger partial charge in [-0.3, -0.25) is 0 Å². The molecule has 0 aliphatic heterocycles. The number of hydrogen-bond donors (Lipinski definition) is 0. The van der Waals surface area contributed by atoms with Gasteiger partial charge in [-0.15, -0.1) is 17.7 Å². The topological polar surface area (TPSA) is 18.5 Å². The summed E-state index contributed by atoms with van der Waals surface area (Å²) in [7, 11) is 1.60. The van der Waals surface area contributed by atoms with E-state index in [1.807, 2.05) is 36.4 Å². The van der Waals surface area contributed by atoms with Gasteiger partial charge in [0.2, 0.25) is 0 Å². The Labute approximate surface area is 114 Å². The van der Waals surface area contributed by atoms with Crippen molar-refractivity contribution in [3.8, 4) is 16.9 Å². The van der Waals surface area contributed by atoms with E-state index >= 15 is 0 Å². The third kappa shape index (κ3) is 3.94. The Kier molecular flexibility index (Phi) is 5.86. The maximum atomic E-state index is 5.34. The van der Waals surface area contributed by atoms with Crippen molar-refractivity contribution < 1.29 is 28.3 Å². The average Bonchev–Trinajstić information content (AvgIpc) is 2.38. The smallest absolute Gasteiger partial charge is 0.493 e. The molecule has 3 heteroatoms. The van der Waals surface area contributed by atoms with Crippen molar-refractivity contribution in [1.82, 2.24) is 0 Å². The van der Waals surface area contributed by atoms with E-state index in [1.54, 1.807) is 7.11 Å². The Morgan fingerprint density at radius 1 is 1.06 bits per heavy atom. The summed E-state index contributed by atoms with van der Waals surface area (Å²) in [5, 5.41) is 0. The summed E-state index contributed by atoms with van der Waals surface area (Å²) < 4.78 is 10.2. The first-order chi connectivity index (χ1) is 7.90. The van der Waals surface area contributed by atoms with Crippen molar-refractivity contribution in [2.24, 2.45) is 0 Å². The van der Waals surface area contributed by atoms with Crippen molar-refractivity contribution in [3.63, 3.8) is 0 Å². The Morgan fingerprint density at radius 2 is 1.82 bits per heavy atom. The van der Waals surface area contributed by atoms with Gasteiger partial charge in [-0.05, 0) is 5.56 Å². The van der Waals surface area contributed by atoms with E-state index in [0.717, 1.165) is 5.56 Å². The summed E-state index contributed by atoms with van der Waals surface area (Å²) in [6.07, 6.45) is 0. The van der Waals surface area contributed by atoms with E-state index in [0.29, 0.717) is 5.75 Å². The third-order valence-corrected chi connectivity index (χ3v) is 2.21. The zero-order chi connectivity index (χ0) is 11.2. The molecule has 0 unspecified atom stereocenters. The molecule has 2 aromatic rings. The number of rotatable bonds is 4. The molecule has 0 N–H and O–H groups in total. The van der Waals surface area contributed by atoms with Crippen LogP contribution in [0.4, 0.5) is 0 Å². The van der Waals surface area contributed by atoms with Crippen molar-refractivity contribution in [3.05, 3.63) is 54.6 Å². The van der Waals surface area contributed by atoms with Gasteiger partial charge in [-0.2, -0.15) is 12.1 Å². The Balaban J connectivity index is 0.00000144. The van der Waals surface area contributed by atoms with Crippen molar-refractivity contribution >= 4 is 0 Å². The summed E-state index contributed by atoms with van der Waals surface area (Å²) in [6, 6.07) is 19.0. The van der Waals surface area contributed by atoms with Gasteiger partial charge in [0.1, 0.15) is 0 Å². The van der Waals surface area contributed by atoms with Crippen LogP contribution in [0.15, 0.2) is 48.5 Å². The van der Waals surface area contributed by atoms with E-state index < -0.39 is 0 Å². The van der Waals surface area contributed by atoms with Crippen LogP contribution >= 0.6 is 0 Å². The van der Waals surface area contributed by atoms with Crippen LogP contribution in [0.3, 0.4) is 0 Å². The summed E-state index contributed by atoms with van der Waals surface area (Å²) in [4.78, 5) is 0. The van der Waals surface area contributed by atoms with Gasteiger partial charge in [-0.25, -0.2) is 0 Å². The normalized spacial score (nSPS) is 9.47. The fourth-order valence-corrected chi connectivity index (χ4v) is 1.46. The maximum Gasteiger partial charge on any atom is 1.00 e. The van der Waals surface area contributed by atoms with E-state index in [-0.39, 0.29) is 25.7 Å². The second-order valence-corrected chi connectivity index (χ2v) is 3.36. The molecule has 0 radical (unpaired) electrons. The van der Waals surface area contributed by atoms with Gasteiger partial charge >= 0.3 is 18.9 Å². The van der Waals surface area contributed by atoms with Gasteiger partial charge in [0, 0.05) is 12.9 Å². The van der Waals surface area contributed by atoms with Crippen LogP contribution in [0.5, 0.6) is 5.75 Å². The van der Waals surface area contributed by atoms with Crippen molar-refractivity contribution in [2.45, 2.75) is 0 Å². The minimum absolute atomic E-state index is 0. The monoisotopic (exact) mass is 220 g/mol. The van der Waals surface area contributed by atoms with E-state index in [2.05, 4.69) is 18.2 Å². The largest absolute Gasteiger partial charge is 1.00 e. The summed E-state index contributed by atoms with van der Waals surface area (Å²) in [5.41, 5.74) is 2.28. The average molecular weight is 220 g/mol. The molecule has 0 heterocycles. The molecule has 17 heavy (non-hydrogen) atoms. The van der Waals surface area contributed by atoms with E-state index in [4.69, 9.17) is 9.47 Å². The van der Waals surface area contributed by atoms with Gasteiger partial charge in [0.25, 0.3) is 0 Å². The molecule has 82 valence electrons. The van der Waals surface area contributed by atoms with Gasteiger partial charge in [0.05, 0.1) is 0 Å². The first-order valence-electron chi connectivity index (χ1n) is 5.09. The maximum absolute atomic E-state index is 5.34. The van der Waals surface area contributed by atoms with Crippen LogP contribution in [-0.4, -0.2) is 13.9 Å². The Morgan fingerprint density at radius 3 is 2.53 bits per heavy atom. The molecule has 0 amide bonds. The standard InChI is InChI=1S/C14H13O2.Li/c1-15-11-16-14-9-5-8-13(10-14)12-6-3-2-4-7-12;/h2-8,10H,11H2,1H3;/q-1;+1. The molecule has 2 aromatic carbocycles. The van der Waals surface area contributed by atoms with Crippen LogP contribution in [0.25, 0.3) is 11.1 Å². The summed E-state index contributed by atoms with van der Waals surface area (Å²) >= 11 is 0. The fourth-order valence-electron chi connectivity index (χ4n) is 1.46. The quantitative estimate of drug-likeness (QED) is 0.414. The van der Waals surface area contributed by atoms with Crippen LogP contribution in [0.2, 0.25) is 0 Å². The molecule has 0 saturated heterocycles. The molecular weight excluding hydrogens is 207 g/mol. The predicted molar refractivity (Wildman–Crippen MR) is 63.2 cm³/mol. The summed E-state index contributed by atoms with van der Waals surface area (Å²) in [6.45, 7) is 0.245. The first kappa shape index (κ1) is 13.9. The molecule has 0 aliphatic rings. The molecule has 0 aliphatic carbocycles. The number of ether oxygens (including phenoxy) is 2. The molecule has 0 fully saturated rings. The van der Waals surface area contributed by atoms with Gasteiger partial charge in [-0.1, -0.05) is 30.3 Å². The van der Waals surface area contributed by atoms with E-state index in [9.17, 15) is 0 Å². The van der Waals surface area contributed by atoms with Crippen molar-refractivity contribution in [2.75, 3.05) is 13.9 Å². The zero-order valence-corrected chi connectivity index (χ0v) is 10.1. The third-order valence-electron chi connectivity index (χ3n) is 2.21. The van der Waals surface area contributed by atoms with Gasteiger partial charge in [0.15, 0.2) is 6.79 Å². The molecule has 2 rings (SSSR count). The molecule has 0 saturated carbocycles. The number of benzene rings is 2. The SMILES string of the molecule is COCOc1[c-]ccc(-c2ccccc2)c1.[Li+]. The summed E-state index contributed by atoms with van der Waals surface area (Å²) in [5.74, 6) is 0.697.